The third-order valence-corrected chi connectivity index (χ3v) is 2.27. The zero-order valence-corrected chi connectivity index (χ0v) is 8.44. The Hall–Kier alpha value is -1.14. The van der Waals surface area contributed by atoms with Crippen LogP contribution in [0.25, 0.3) is 0 Å². The van der Waals surface area contributed by atoms with Crippen molar-refractivity contribution in [2.24, 2.45) is 5.73 Å². The fourth-order valence-electron chi connectivity index (χ4n) is 1.44. The van der Waals surface area contributed by atoms with Crippen LogP contribution < -0.4 is 11.1 Å². The molecule has 86 valence electrons. The summed E-state index contributed by atoms with van der Waals surface area (Å²) in [6.07, 6.45) is 0.107. The molecule has 1 amide bonds. The minimum absolute atomic E-state index is 0.243. The molecule has 0 saturated carbocycles. The number of carbonyl (C=O) groups is 2. The first-order valence-electron chi connectivity index (χ1n) is 5.01. The van der Waals surface area contributed by atoms with Gasteiger partial charge < -0.3 is 20.9 Å². The van der Waals surface area contributed by atoms with E-state index in [1.807, 2.05) is 0 Å². The predicted octanol–water partition coefficient (Wildman–Crippen LogP) is -0.916. The van der Waals surface area contributed by atoms with Crippen molar-refractivity contribution in [3.8, 4) is 0 Å². The van der Waals surface area contributed by atoms with Gasteiger partial charge in [-0.15, -0.1) is 0 Å². The Kier molecular flexibility index (Phi) is 4.51. The molecule has 1 heterocycles. The Morgan fingerprint density at radius 3 is 2.60 bits per heavy atom. The summed E-state index contributed by atoms with van der Waals surface area (Å²) in [6.45, 7) is 1.02. The zero-order valence-electron chi connectivity index (χ0n) is 8.44. The Morgan fingerprint density at radius 2 is 2.07 bits per heavy atom. The third kappa shape index (κ3) is 3.49. The average Bonchev–Trinajstić information content (AvgIpc) is 2.66. The lowest BCUT2D eigenvalue weighted by atomic mass is 10.2. The van der Waals surface area contributed by atoms with E-state index in [2.05, 4.69) is 5.32 Å². The van der Waals surface area contributed by atoms with E-state index in [-0.39, 0.29) is 5.91 Å². The first-order valence-corrected chi connectivity index (χ1v) is 5.01. The SMILES string of the molecule is NCCCNC(=O)C1CCC(C(=O)O)O1. The van der Waals surface area contributed by atoms with E-state index >= 15 is 0 Å². The van der Waals surface area contributed by atoms with E-state index in [9.17, 15) is 9.59 Å². The molecule has 1 rings (SSSR count). The minimum atomic E-state index is -1.01. The fraction of sp³-hybridized carbons (Fsp3) is 0.778. The smallest absolute Gasteiger partial charge is 0.332 e. The first kappa shape index (κ1) is 11.9. The summed E-state index contributed by atoms with van der Waals surface area (Å²) < 4.78 is 5.07. The van der Waals surface area contributed by atoms with Crippen LogP contribution in [0.4, 0.5) is 0 Å². The number of ether oxygens (including phenoxy) is 1. The maximum absolute atomic E-state index is 11.4. The van der Waals surface area contributed by atoms with Gasteiger partial charge in [-0.25, -0.2) is 4.79 Å². The van der Waals surface area contributed by atoms with Gasteiger partial charge in [0.05, 0.1) is 0 Å². The van der Waals surface area contributed by atoms with Crippen molar-refractivity contribution >= 4 is 11.9 Å². The highest BCUT2D eigenvalue weighted by Crippen LogP contribution is 2.19. The Balaban J connectivity index is 2.27. The van der Waals surface area contributed by atoms with Crippen LogP contribution in [0.2, 0.25) is 0 Å². The van der Waals surface area contributed by atoms with Crippen molar-refractivity contribution in [3.05, 3.63) is 0 Å². The maximum Gasteiger partial charge on any atom is 0.332 e. The number of nitrogens with one attached hydrogen (secondary N) is 1. The molecule has 0 aromatic rings. The number of carbonyl (C=O) groups excluding carboxylic acids is 1. The van der Waals surface area contributed by atoms with Gasteiger partial charge in [0, 0.05) is 6.54 Å². The van der Waals surface area contributed by atoms with Gasteiger partial charge in [-0.05, 0) is 25.8 Å². The standard InChI is InChI=1S/C9H16N2O4/c10-4-1-5-11-8(12)6-2-3-7(15-6)9(13)14/h6-7H,1-5,10H2,(H,11,12)(H,13,14). The zero-order chi connectivity index (χ0) is 11.3. The summed E-state index contributed by atoms with van der Waals surface area (Å²) in [4.78, 5) is 22.0. The van der Waals surface area contributed by atoms with E-state index in [0.717, 1.165) is 0 Å². The number of carboxylic acid groups (broad SMARTS) is 1. The number of carboxylic acids is 1. The lowest BCUT2D eigenvalue weighted by molar-refractivity contribution is -0.151. The van der Waals surface area contributed by atoms with E-state index in [1.54, 1.807) is 0 Å². The van der Waals surface area contributed by atoms with Crippen molar-refractivity contribution in [1.29, 1.82) is 0 Å². The van der Waals surface area contributed by atoms with E-state index in [0.29, 0.717) is 32.4 Å². The second kappa shape index (κ2) is 5.67. The van der Waals surface area contributed by atoms with Crippen LogP contribution in [-0.4, -0.2) is 42.3 Å². The highest BCUT2D eigenvalue weighted by Gasteiger charge is 2.34. The predicted molar refractivity (Wildman–Crippen MR) is 52.2 cm³/mol. The minimum Gasteiger partial charge on any atom is -0.479 e. The highest BCUT2D eigenvalue weighted by atomic mass is 16.5. The molecule has 1 fully saturated rings. The molecule has 1 aliphatic rings. The van der Waals surface area contributed by atoms with Gasteiger partial charge in [0.1, 0.15) is 6.10 Å². The molecule has 1 saturated heterocycles. The molecular formula is C9H16N2O4. The summed E-state index contributed by atoms with van der Waals surface area (Å²) in [7, 11) is 0. The van der Waals surface area contributed by atoms with Crippen molar-refractivity contribution in [2.45, 2.75) is 31.5 Å². The summed E-state index contributed by atoms with van der Waals surface area (Å²) in [5.41, 5.74) is 5.27. The van der Waals surface area contributed by atoms with Crippen LogP contribution in [0.1, 0.15) is 19.3 Å². The number of hydrogen-bond acceptors (Lipinski definition) is 4. The normalized spacial score (nSPS) is 25.1. The molecule has 0 aromatic carbocycles. The topological polar surface area (TPSA) is 102 Å². The molecule has 6 nitrogen and oxygen atoms in total. The van der Waals surface area contributed by atoms with E-state index in [4.69, 9.17) is 15.6 Å². The second-order valence-corrected chi connectivity index (χ2v) is 3.46. The molecular weight excluding hydrogens is 200 g/mol. The van der Waals surface area contributed by atoms with Gasteiger partial charge in [-0.3, -0.25) is 4.79 Å². The van der Waals surface area contributed by atoms with Crippen LogP contribution in [0.3, 0.4) is 0 Å². The van der Waals surface area contributed by atoms with Gasteiger partial charge >= 0.3 is 5.97 Å². The quantitative estimate of drug-likeness (QED) is 0.516. The van der Waals surface area contributed by atoms with Crippen molar-refractivity contribution < 1.29 is 19.4 Å². The molecule has 0 spiro atoms. The number of hydrogen-bond donors (Lipinski definition) is 3. The maximum atomic E-state index is 11.4. The van der Waals surface area contributed by atoms with Crippen LogP contribution in [0.15, 0.2) is 0 Å². The Morgan fingerprint density at radius 1 is 1.40 bits per heavy atom. The average molecular weight is 216 g/mol. The monoisotopic (exact) mass is 216 g/mol. The molecule has 2 unspecified atom stereocenters. The van der Waals surface area contributed by atoms with E-state index in [1.165, 1.54) is 0 Å². The third-order valence-electron chi connectivity index (χ3n) is 2.27. The Bertz CT molecular complexity index is 244. The lowest BCUT2D eigenvalue weighted by Gasteiger charge is -2.11. The molecule has 0 bridgehead atoms. The summed E-state index contributed by atoms with van der Waals surface area (Å²) in [5.74, 6) is -1.25. The number of amides is 1. The molecule has 4 N–H and O–H groups in total. The number of nitrogens with two attached hydrogens (primary N) is 1. The number of rotatable bonds is 5. The highest BCUT2D eigenvalue weighted by molar-refractivity contribution is 5.82. The fourth-order valence-corrected chi connectivity index (χ4v) is 1.44. The van der Waals surface area contributed by atoms with Gasteiger partial charge in [-0.1, -0.05) is 0 Å². The van der Waals surface area contributed by atoms with Gasteiger partial charge in [0.25, 0.3) is 0 Å². The molecule has 0 aliphatic carbocycles. The van der Waals surface area contributed by atoms with Crippen molar-refractivity contribution in [3.63, 3.8) is 0 Å². The Labute approximate surface area is 87.8 Å². The molecule has 0 radical (unpaired) electrons. The number of aliphatic carboxylic acids is 1. The first-order chi connectivity index (χ1) is 7.15. The van der Waals surface area contributed by atoms with Crippen molar-refractivity contribution in [2.75, 3.05) is 13.1 Å². The van der Waals surface area contributed by atoms with Crippen LogP contribution >= 0.6 is 0 Å². The molecule has 0 aromatic heterocycles. The molecule has 2 atom stereocenters. The van der Waals surface area contributed by atoms with Crippen molar-refractivity contribution in [1.82, 2.24) is 5.32 Å². The second-order valence-electron chi connectivity index (χ2n) is 3.46. The van der Waals surface area contributed by atoms with Gasteiger partial charge in [-0.2, -0.15) is 0 Å². The van der Waals surface area contributed by atoms with Crippen LogP contribution in [0.5, 0.6) is 0 Å². The van der Waals surface area contributed by atoms with E-state index < -0.39 is 18.2 Å². The van der Waals surface area contributed by atoms with Crippen LogP contribution in [-0.2, 0) is 14.3 Å². The van der Waals surface area contributed by atoms with Gasteiger partial charge in [0.2, 0.25) is 5.91 Å². The summed E-state index contributed by atoms with van der Waals surface area (Å²) in [5, 5.41) is 11.3. The lowest BCUT2D eigenvalue weighted by Crippen LogP contribution is -2.36. The summed E-state index contributed by atoms with van der Waals surface area (Å²) >= 11 is 0. The van der Waals surface area contributed by atoms with Gasteiger partial charge in [0.15, 0.2) is 6.10 Å². The largest absolute Gasteiger partial charge is 0.479 e. The molecule has 6 heteroatoms. The molecule has 15 heavy (non-hydrogen) atoms. The van der Waals surface area contributed by atoms with Crippen LogP contribution in [0, 0.1) is 0 Å². The summed E-state index contributed by atoms with van der Waals surface area (Å²) in [6, 6.07) is 0. The molecule has 1 aliphatic heterocycles.